The van der Waals surface area contributed by atoms with Crippen LogP contribution in [0.1, 0.15) is 77.9 Å². The van der Waals surface area contributed by atoms with Gasteiger partial charge in [0.05, 0.1) is 28.4 Å². The van der Waals surface area contributed by atoms with Crippen LogP contribution in [0.15, 0.2) is 121 Å². The third-order valence-electron chi connectivity index (χ3n) is 11.9. The number of aromatic nitrogens is 1. The molecule has 0 amide bonds. The van der Waals surface area contributed by atoms with Gasteiger partial charge >= 0.3 is 0 Å². The molecule has 3 aromatic carbocycles. The molecule has 1 aromatic heterocycles. The molecule has 7 rings (SSSR count). The van der Waals surface area contributed by atoms with Crippen molar-refractivity contribution in [3.63, 3.8) is 0 Å². The summed E-state index contributed by atoms with van der Waals surface area (Å²) in [5, 5.41) is 35.8. The number of thioether (sulfide) groups is 1. The highest BCUT2D eigenvalue weighted by Crippen LogP contribution is 2.62. The Morgan fingerprint density at radius 3 is 2.48 bits per heavy atom. The molecule has 13 heteroatoms. The number of aryl methyl sites for hydroxylation is 1. The van der Waals surface area contributed by atoms with Gasteiger partial charge in [-0.3, -0.25) is 19.9 Å². The molecule has 0 bridgehead atoms. The molecule has 12 nitrogen and oxygen atoms in total. The molecule has 2 N–H and O–H groups in total. The van der Waals surface area contributed by atoms with Crippen molar-refractivity contribution in [3.8, 4) is 17.2 Å². The van der Waals surface area contributed by atoms with Gasteiger partial charge in [-0.25, -0.2) is 0 Å². The molecule has 2 heterocycles. The summed E-state index contributed by atoms with van der Waals surface area (Å²) in [5.41, 5.74) is 5.20. The fourth-order valence-corrected chi connectivity index (χ4v) is 10.5. The second-order valence-electron chi connectivity index (χ2n) is 15.7. The van der Waals surface area contributed by atoms with Gasteiger partial charge in [0.15, 0.2) is 0 Å². The van der Waals surface area contributed by atoms with E-state index in [0.717, 1.165) is 66.6 Å². The van der Waals surface area contributed by atoms with Crippen molar-refractivity contribution in [2.45, 2.75) is 74.9 Å². The summed E-state index contributed by atoms with van der Waals surface area (Å²) in [6.45, 7) is 4.61. The number of oxime groups is 1. The quantitative estimate of drug-likeness (QED) is 0.0255. The fraction of sp³-hybridized carbons (Fsp3) is 0.396. The zero-order valence-corrected chi connectivity index (χ0v) is 35.0. The number of unbranched alkanes of at least 4 members (excludes halogenated alkanes) is 2. The number of fused-ring (bicyclic) bond motifs is 2. The number of aliphatic hydroxyl groups excluding tert-OH is 2. The molecule has 0 spiro atoms. The average Bonchev–Trinajstić information content (AvgIpc) is 3.28. The van der Waals surface area contributed by atoms with Crippen LogP contribution < -0.4 is 9.47 Å². The molecule has 3 aliphatic rings. The Hall–Kier alpha value is -5.34. The lowest BCUT2D eigenvalue weighted by Gasteiger charge is -2.58. The molecular weight excluding hydrogens is 795 g/mol. The molecule has 0 saturated heterocycles. The topological polar surface area (TPSA) is 163 Å². The molecule has 61 heavy (non-hydrogen) atoms. The van der Waals surface area contributed by atoms with Gasteiger partial charge in [0, 0.05) is 61.2 Å². The van der Waals surface area contributed by atoms with Gasteiger partial charge in [-0.05, 0) is 121 Å². The standard InChI is InChI=1S/C48H53N3O9S/c1-2-25-57-48-45(61-26-20-33-18-21-49-22-19-33)30-43(50-58-32-34-12-14-37(15-13-34)51(55)56)41-28-36(9-3-5-23-52)40(11-4-6-24-53)46(47(41)48)42-29-39(16-17-44(42)60-48)59-38-10-7-8-35(27-38)31-54/h2,7-8,10,12-19,21-22,27-29,31,36,40,45-47,52-53H,1,3-6,9,11,20,23-26,30,32H2. The maximum Gasteiger partial charge on any atom is 0.269 e. The van der Waals surface area contributed by atoms with E-state index in [4.69, 9.17) is 24.2 Å². The fourth-order valence-electron chi connectivity index (χ4n) is 9.09. The van der Waals surface area contributed by atoms with Crippen molar-refractivity contribution >= 4 is 29.4 Å². The smallest absolute Gasteiger partial charge is 0.269 e. The summed E-state index contributed by atoms with van der Waals surface area (Å²) in [4.78, 5) is 32.8. The Balaban J connectivity index is 1.35. The van der Waals surface area contributed by atoms with E-state index in [1.165, 1.54) is 17.7 Å². The molecule has 6 atom stereocenters. The summed E-state index contributed by atoms with van der Waals surface area (Å²) < 4.78 is 20.8. The molecule has 1 aliphatic heterocycles. The molecular formula is C48H53N3O9S. The predicted molar refractivity (Wildman–Crippen MR) is 235 cm³/mol. The Labute approximate surface area is 360 Å². The number of benzene rings is 3. The molecule has 0 radical (unpaired) electrons. The van der Waals surface area contributed by atoms with Crippen LogP contribution in [0.4, 0.5) is 5.69 Å². The van der Waals surface area contributed by atoms with E-state index in [1.807, 2.05) is 30.3 Å². The highest BCUT2D eigenvalue weighted by Gasteiger charge is 2.64. The number of nitro benzene ring substituents is 1. The SMILES string of the molecule is C=CCOC12Oc3ccc(Oc4cccc(C=O)c4)cc3C3C(CCCCO)C(CCCCO)C=C(C(=NOCc4ccc([N+](=O)[O-])cc4)CC1SCCc1ccncc1)C32. The number of allylic oxidation sites excluding steroid dienone is 1. The lowest BCUT2D eigenvalue weighted by Crippen LogP contribution is -2.64. The molecule has 1 saturated carbocycles. The largest absolute Gasteiger partial charge is 0.460 e. The predicted octanol–water partition coefficient (Wildman–Crippen LogP) is 9.40. The summed E-state index contributed by atoms with van der Waals surface area (Å²) in [6, 6.07) is 23.3. The van der Waals surface area contributed by atoms with Crippen LogP contribution in [0.3, 0.4) is 0 Å². The second-order valence-corrected chi connectivity index (χ2v) is 17.0. The van der Waals surface area contributed by atoms with Crippen molar-refractivity contribution in [2.24, 2.45) is 22.9 Å². The maximum absolute atomic E-state index is 11.6. The minimum absolute atomic E-state index is 0.00430. The van der Waals surface area contributed by atoms with E-state index >= 15 is 0 Å². The molecule has 320 valence electrons. The second kappa shape index (κ2) is 21.0. The van der Waals surface area contributed by atoms with E-state index in [1.54, 1.807) is 60.6 Å². The Bertz CT molecular complexity index is 2180. The zero-order chi connectivity index (χ0) is 42.6. The van der Waals surface area contributed by atoms with Gasteiger partial charge in [-0.15, -0.1) is 6.58 Å². The Morgan fingerprint density at radius 1 is 0.967 bits per heavy atom. The number of ether oxygens (including phenoxy) is 3. The number of nitro groups is 1. The molecule has 2 aliphatic carbocycles. The average molecular weight is 848 g/mol. The summed E-state index contributed by atoms with van der Waals surface area (Å²) in [7, 11) is 0. The third-order valence-corrected chi connectivity index (χ3v) is 13.2. The van der Waals surface area contributed by atoms with Crippen molar-refractivity contribution in [2.75, 3.05) is 25.6 Å². The first kappa shape index (κ1) is 43.7. The van der Waals surface area contributed by atoms with Crippen LogP contribution in [0.5, 0.6) is 17.2 Å². The number of hydrogen-bond donors (Lipinski definition) is 2. The first-order valence-electron chi connectivity index (χ1n) is 21.0. The van der Waals surface area contributed by atoms with E-state index in [0.29, 0.717) is 42.1 Å². The minimum atomic E-state index is -1.13. The summed E-state index contributed by atoms with van der Waals surface area (Å²) in [6.07, 6.45) is 14.5. The molecule has 6 unspecified atom stereocenters. The first-order chi connectivity index (χ1) is 29.9. The Morgan fingerprint density at radius 2 is 1.74 bits per heavy atom. The van der Waals surface area contributed by atoms with Crippen LogP contribution in [-0.4, -0.2) is 68.7 Å². The van der Waals surface area contributed by atoms with Crippen LogP contribution in [0.25, 0.3) is 0 Å². The van der Waals surface area contributed by atoms with Crippen molar-refractivity contribution < 1.29 is 39.0 Å². The number of pyridine rings is 1. The van der Waals surface area contributed by atoms with E-state index < -0.39 is 10.7 Å². The monoisotopic (exact) mass is 847 g/mol. The van der Waals surface area contributed by atoms with Gasteiger partial charge in [0.2, 0.25) is 5.79 Å². The van der Waals surface area contributed by atoms with Gasteiger partial charge in [-0.1, -0.05) is 42.3 Å². The van der Waals surface area contributed by atoms with E-state index in [-0.39, 0.29) is 61.0 Å². The number of nitrogens with zero attached hydrogens (tertiary/aromatic N) is 3. The zero-order valence-electron chi connectivity index (χ0n) is 34.2. The highest BCUT2D eigenvalue weighted by atomic mass is 32.2. The maximum atomic E-state index is 11.6. The van der Waals surface area contributed by atoms with Crippen LogP contribution in [0.2, 0.25) is 0 Å². The van der Waals surface area contributed by atoms with Crippen LogP contribution in [0, 0.1) is 27.9 Å². The minimum Gasteiger partial charge on any atom is -0.460 e. The highest BCUT2D eigenvalue weighted by molar-refractivity contribution is 8.00. The lowest BCUT2D eigenvalue weighted by atomic mass is 9.56. The Kier molecular flexibility index (Phi) is 15.0. The van der Waals surface area contributed by atoms with Crippen LogP contribution in [-0.2, 0) is 22.6 Å². The molecule has 1 fully saturated rings. The lowest BCUT2D eigenvalue weighted by molar-refractivity contribution is -0.384. The number of hydrogen-bond acceptors (Lipinski definition) is 12. The number of rotatable bonds is 22. The van der Waals surface area contributed by atoms with Gasteiger partial charge in [0.25, 0.3) is 5.69 Å². The molecule has 4 aromatic rings. The number of non-ortho nitro benzene ring substituents is 1. The first-order valence-corrected chi connectivity index (χ1v) is 22.1. The van der Waals surface area contributed by atoms with E-state index in [2.05, 4.69) is 23.7 Å². The van der Waals surface area contributed by atoms with Gasteiger partial charge in [0.1, 0.15) is 30.1 Å². The third kappa shape index (κ3) is 10.2. The normalized spacial score (nSPS) is 23.2. The number of carbonyl (C=O) groups is 1. The van der Waals surface area contributed by atoms with E-state index in [9.17, 15) is 25.1 Å². The number of aliphatic hydroxyl groups is 2. The van der Waals surface area contributed by atoms with Crippen molar-refractivity contribution in [1.29, 1.82) is 0 Å². The number of carbonyl (C=O) groups excluding carboxylic acids is 1. The summed E-state index contributed by atoms with van der Waals surface area (Å²) >= 11 is 1.78. The summed E-state index contributed by atoms with van der Waals surface area (Å²) in [5.74, 6) is 1.20. The van der Waals surface area contributed by atoms with Gasteiger partial charge < -0.3 is 29.3 Å². The van der Waals surface area contributed by atoms with Crippen LogP contribution >= 0.6 is 11.8 Å². The van der Waals surface area contributed by atoms with Crippen molar-refractivity contribution in [1.82, 2.24) is 4.98 Å². The van der Waals surface area contributed by atoms with Crippen molar-refractivity contribution in [3.05, 3.63) is 148 Å². The number of aldehydes is 1. The van der Waals surface area contributed by atoms with Gasteiger partial charge in [-0.2, -0.15) is 11.8 Å².